The first kappa shape index (κ1) is 22.8. The van der Waals surface area contributed by atoms with E-state index in [-0.39, 0.29) is 23.8 Å². The minimum atomic E-state index is -3.48. The van der Waals surface area contributed by atoms with Gasteiger partial charge in [-0.3, -0.25) is 14.4 Å². The lowest BCUT2D eigenvalue weighted by Gasteiger charge is -2.40. The summed E-state index contributed by atoms with van der Waals surface area (Å²) in [5.74, 6) is -0.328. The van der Waals surface area contributed by atoms with Gasteiger partial charge in [-0.2, -0.15) is 0 Å². The summed E-state index contributed by atoms with van der Waals surface area (Å²) >= 11 is 6.00. The van der Waals surface area contributed by atoms with Crippen LogP contribution in [0.1, 0.15) is 24.0 Å². The number of nitrogens with zero attached hydrogens (tertiary/aromatic N) is 2. The quantitative estimate of drug-likeness (QED) is 0.643. The van der Waals surface area contributed by atoms with Gasteiger partial charge in [-0.25, -0.2) is 12.8 Å². The molecule has 2 heterocycles. The van der Waals surface area contributed by atoms with Crippen LogP contribution in [-0.2, 0) is 21.4 Å². The molecule has 0 saturated carbocycles. The number of fused-ring (bicyclic) bond motifs is 2. The topological polar surface area (TPSA) is 69.7 Å². The molecule has 32 heavy (non-hydrogen) atoms. The summed E-state index contributed by atoms with van der Waals surface area (Å²) in [6.07, 6.45) is 6.09. The molecule has 0 aliphatic carbocycles. The maximum absolute atomic E-state index is 13.2. The molecule has 1 amide bonds. The molecule has 0 spiro atoms. The summed E-state index contributed by atoms with van der Waals surface area (Å²) < 4.78 is 38.9. The molecule has 2 aliphatic heterocycles. The third-order valence-corrected chi connectivity index (χ3v) is 6.67. The highest BCUT2D eigenvalue weighted by Crippen LogP contribution is 2.31. The Hall–Kier alpha value is -2.42. The van der Waals surface area contributed by atoms with Crippen LogP contribution in [0.3, 0.4) is 0 Å². The number of benzene rings is 2. The van der Waals surface area contributed by atoms with E-state index in [9.17, 15) is 17.6 Å². The largest absolute Gasteiger partial charge is 0.331 e. The van der Waals surface area contributed by atoms with Gasteiger partial charge in [-0.05, 0) is 54.3 Å². The molecule has 2 aromatic rings. The Balaban J connectivity index is 1.44. The molecule has 2 saturated heterocycles. The van der Waals surface area contributed by atoms with Gasteiger partial charge >= 0.3 is 0 Å². The number of rotatable bonds is 6. The van der Waals surface area contributed by atoms with E-state index < -0.39 is 10.0 Å². The van der Waals surface area contributed by atoms with Crippen molar-refractivity contribution >= 4 is 39.3 Å². The number of carbonyl (C=O) groups is 1. The van der Waals surface area contributed by atoms with Crippen molar-refractivity contribution in [2.75, 3.05) is 24.1 Å². The molecule has 1 N–H and O–H groups in total. The number of piperazine rings is 1. The molecule has 2 unspecified atom stereocenters. The fraction of sp³-hybridized carbons (Fsp3) is 0.348. The van der Waals surface area contributed by atoms with Crippen molar-refractivity contribution in [3.05, 3.63) is 70.5 Å². The van der Waals surface area contributed by atoms with Crippen LogP contribution in [0.15, 0.2) is 48.5 Å². The summed E-state index contributed by atoms with van der Waals surface area (Å²) in [6.45, 7) is 2.28. The predicted molar refractivity (Wildman–Crippen MR) is 124 cm³/mol. The zero-order valence-corrected chi connectivity index (χ0v) is 19.2. The monoisotopic (exact) mass is 477 g/mol. The van der Waals surface area contributed by atoms with Crippen molar-refractivity contribution in [3.8, 4) is 0 Å². The minimum absolute atomic E-state index is 0.0841. The van der Waals surface area contributed by atoms with E-state index in [2.05, 4.69) is 9.62 Å². The van der Waals surface area contributed by atoms with Gasteiger partial charge in [0, 0.05) is 42.8 Å². The van der Waals surface area contributed by atoms with E-state index in [1.807, 2.05) is 4.90 Å². The van der Waals surface area contributed by atoms with Gasteiger partial charge in [-0.15, -0.1) is 0 Å². The zero-order valence-electron chi connectivity index (χ0n) is 17.7. The third-order valence-electron chi connectivity index (χ3n) is 5.85. The molecule has 6 nitrogen and oxygen atoms in total. The van der Waals surface area contributed by atoms with Gasteiger partial charge in [0.05, 0.1) is 11.9 Å². The first-order valence-electron chi connectivity index (χ1n) is 10.4. The minimum Gasteiger partial charge on any atom is -0.331 e. The fourth-order valence-electron chi connectivity index (χ4n) is 4.54. The molecule has 4 rings (SSSR count). The van der Waals surface area contributed by atoms with Gasteiger partial charge in [0.15, 0.2) is 0 Å². The molecule has 2 fully saturated rings. The van der Waals surface area contributed by atoms with Gasteiger partial charge < -0.3 is 4.90 Å². The SMILES string of the molecule is CS(=O)(=O)Nc1cc(Cl)ccc1/C=C/C(=O)N1C2CCC1CN(Cc1ccc(F)cc1)C2. The molecule has 2 atom stereocenters. The van der Waals surface area contributed by atoms with Crippen molar-refractivity contribution in [1.29, 1.82) is 0 Å². The lowest BCUT2D eigenvalue weighted by Crippen LogP contribution is -2.55. The summed E-state index contributed by atoms with van der Waals surface area (Å²) in [5, 5.41) is 0.398. The normalized spacial score (nSPS) is 21.3. The number of anilines is 1. The smallest absolute Gasteiger partial charge is 0.247 e. The van der Waals surface area contributed by atoms with E-state index >= 15 is 0 Å². The number of sulfonamides is 1. The summed E-state index contributed by atoms with van der Waals surface area (Å²) in [4.78, 5) is 17.3. The van der Waals surface area contributed by atoms with Crippen LogP contribution in [0, 0.1) is 5.82 Å². The second kappa shape index (κ2) is 9.21. The Kier molecular flexibility index (Phi) is 6.55. The molecule has 0 aromatic heterocycles. The van der Waals surface area contributed by atoms with Gasteiger partial charge in [0.25, 0.3) is 0 Å². The van der Waals surface area contributed by atoms with Crippen molar-refractivity contribution in [1.82, 2.24) is 9.80 Å². The Morgan fingerprint density at radius 2 is 1.81 bits per heavy atom. The molecule has 2 bridgehead atoms. The lowest BCUT2D eigenvalue weighted by molar-refractivity contribution is -0.131. The van der Waals surface area contributed by atoms with Crippen LogP contribution in [0.4, 0.5) is 10.1 Å². The average Bonchev–Trinajstić information content (AvgIpc) is 2.98. The molecule has 170 valence electrons. The highest BCUT2D eigenvalue weighted by molar-refractivity contribution is 7.92. The van der Waals surface area contributed by atoms with E-state index in [4.69, 9.17) is 11.6 Å². The van der Waals surface area contributed by atoms with Crippen LogP contribution in [0.25, 0.3) is 6.08 Å². The first-order chi connectivity index (χ1) is 15.2. The lowest BCUT2D eigenvalue weighted by atomic mass is 10.1. The van der Waals surface area contributed by atoms with E-state index in [0.717, 1.165) is 44.3 Å². The summed E-state index contributed by atoms with van der Waals surface area (Å²) in [6, 6.07) is 11.6. The number of carbonyl (C=O) groups excluding carboxylic acids is 1. The fourth-order valence-corrected chi connectivity index (χ4v) is 5.28. The maximum Gasteiger partial charge on any atom is 0.247 e. The number of halogens is 2. The van der Waals surface area contributed by atoms with Crippen LogP contribution in [0.2, 0.25) is 5.02 Å². The number of nitrogens with one attached hydrogen (secondary N) is 1. The van der Waals surface area contributed by atoms with E-state index in [1.54, 1.807) is 30.3 Å². The molecule has 2 aliphatic rings. The van der Waals surface area contributed by atoms with Crippen LogP contribution in [-0.4, -0.2) is 55.6 Å². The van der Waals surface area contributed by atoms with E-state index in [0.29, 0.717) is 16.3 Å². The molecule has 2 aromatic carbocycles. The van der Waals surface area contributed by atoms with Crippen LogP contribution in [0.5, 0.6) is 0 Å². The zero-order chi connectivity index (χ0) is 22.9. The Labute approximate surface area is 192 Å². The van der Waals surface area contributed by atoms with Crippen LogP contribution >= 0.6 is 11.6 Å². The standard InChI is InChI=1S/C23H25ClFN3O3S/c1-32(30,31)26-22-12-18(24)6-4-17(22)5-11-23(29)28-20-9-10-21(28)15-27(14-20)13-16-2-7-19(25)8-3-16/h2-8,11-12,20-21,26H,9-10,13-15H2,1H3/b11-5+. The Morgan fingerprint density at radius 1 is 1.16 bits per heavy atom. The van der Waals surface area contributed by atoms with Crippen molar-refractivity contribution in [2.24, 2.45) is 0 Å². The van der Waals surface area contributed by atoms with Gasteiger partial charge in [-0.1, -0.05) is 29.8 Å². The Morgan fingerprint density at radius 3 is 2.44 bits per heavy atom. The number of hydrogen-bond acceptors (Lipinski definition) is 4. The first-order valence-corrected chi connectivity index (χ1v) is 12.7. The van der Waals surface area contributed by atoms with Crippen LogP contribution < -0.4 is 4.72 Å². The molecule has 9 heteroatoms. The second-order valence-electron chi connectivity index (χ2n) is 8.39. The van der Waals surface area contributed by atoms with Crippen molar-refractivity contribution < 1.29 is 17.6 Å². The molecular weight excluding hydrogens is 453 g/mol. The number of likely N-dealkylation sites (tertiary alicyclic amines) is 1. The average molecular weight is 478 g/mol. The molecular formula is C23H25ClFN3O3S. The Bertz CT molecular complexity index is 1120. The van der Waals surface area contributed by atoms with Gasteiger partial charge in [0.2, 0.25) is 15.9 Å². The summed E-state index contributed by atoms with van der Waals surface area (Å²) in [5.41, 5.74) is 1.95. The molecule has 0 radical (unpaired) electrons. The predicted octanol–water partition coefficient (Wildman–Crippen LogP) is 3.74. The van der Waals surface area contributed by atoms with E-state index in [1.165, 1.54) is 24.3 Å². The van der Waals surface area contributed by atoms with Crippen molar-refractivity contribution in [2.45, 2.75) is 31.5 Å². The van der Waals surface area contributed by atoms with Gasteiger partial charge in [0.1, 0.15) is 5.82 Å². The summed E-state index contributed by atoms with van der Waals surface area (Å²) in [7, 11) is -3.48. The highest BCUT2D eigenvalue weighted by atomic mass is 35.5. The second-order valence-corrected chi connectivity index (χ2v) is 10.6. The third kappa shape index (κ3) is 5.49. The van der Waals surface area contributed by atoms with Crippen molar-refractivity contribution in [3.63, 3.8) is 0 Å². The maximum atomic E-state index is 13.2. The number of hydrogen-bond donors (Lipinski definition) is 1. The highest BCUT2D eigenvalue weighted by Gasteiger charge is 2.41. The number of amides is 1.